The predicted octanol–water partition coefficient (Wildman–Crippen LogP) is 3.46. The number of halogens is 1. The Morgan fingerprint density at radius 3 is 2.29 bits per heavy atom. The van der Waals surface area contributed by atoms with Crippen LogP contribution in [0.15, 0.2) is 28.7 Å². The highest BCUT2D eigenvalue weighted by molar-refractivity contribution is 9.10. The van der Waals surface area contributed by atoms with Gasteiger partial charge in [-0.15, -0.1) is 0 Å². The van der Waals surface area contributed by atoms with E-state index in [1.54, 1.807) is 0 Å². The Labute approximate surface area is 91.5 Å². The first kappa shape index (κ1) is 9.46. The average Bonchev–Trinajstić information content (AvgIpc) is 2.48. The summed E-state index contributed by atoms with van der Waals surface area (Å²) in [5.74, 6) is 0.938. The lowest BCUT2D eigenvalue weighted by Crippen LogP contribution is -1.79. The Morgan fingerprint density at radius 1 is 1.14 bits per heavy atom. The van der Waals surface area contributed by atoms with Gasteiger partial charge in [0, 0.05) is 15.7 Å². The molecule has 2 aromatic rings. The molecule has 2 rings (SSSR count). The second-order valence-corrected chi connectivity index (χ2v) is 4.22. The maximum atomic E-state index is 4.44. The van der Waals surface area contributed by atoms with Crippen molar-refractivity contribution in [3.63, 3.8) is 0 Å². The van der Waals surface area contributed by atoms with Crippen LogP contribution < -0.4 is 0 Å². The van der Waals surface area contributed by atoms with Crippen molar-refractivity contribution in [1.29, 1.82) is 0 Å². The summed E-state index contributed by atoms with van der Waals surface area (Å²) in [6.45, 7) is 4.04. The molecule has 2 nitrogen and oxygen atoms in total. The molecule has 1 N–H and O–H groups in total. The van der Waals surface area contributed by atoms with Crippen LogP contribution in [0.5, 0.6) is 0 Å². The molecule has 0 radical (unpaired) electrons. The third kappa shape index (κ3) is 1.73. The molecule has 0 aliphatic heterocycles. The van der Waals surface area contributed by atoms with Gasteiger partial charge in [-0.25, -0.2) is 4.98 Å². The standard InChI is InChI=1S/C11H11BrN2/c1-7-8(2)14-11(13-7)9-3-5-10(12)6-4-9/h3-6H,1-2H3,(H,13,14). The number of aromatic nitrogens is 2. The zero-order chi connectivity index (χ0) is 10.1. The summed E-state index contributed by atoms with van der Waals surface area (Å²) in [5.41, 5.74) is 3.30. The van der Waals surface area contributed by atoms with E-state index in [-0.39, 0.29) is 0 Å². The average molecular weight is 251 g/mol. The summed E-state index contributed by atoms with van der Waals surface area (Å²) in [6.07, 6.45) is 0. The van der Waals surface area contributed by atoms with E-state index in [0.717, 1.165) is 27.2 Å². The number of H-pyrrole nitrogens is 1. The largest absolute Gasteiger partial charge is 0.342 e. The van der Waals surface area contributed by atoms with Crippen LogP contribution in [0.1, 0.15) is 11.4 Å². The predicted molar refractivity (Wildman–Crippen MR) is 61.2 cm³/mol. The van der Waals surface area contributed by atoms with Crippen LogP contribution in [0.3, 0.4) is 0 Å². The Morgan fingerprint density at radius 2 is 1.79 bits per heavy atom. The van der Waals surface area contributed by atoms with E-state index in [2.05, 4.69) is 25.9 Å². The second-order valence-electron chi connectivity index (χ2n) is 3.30. The van der Waals surface area contributed by atoms with Gasteiger partial charge in [0.1, 0.15) is 5.82 Å². The molecule has 1 aromatic carbocycles. The summed E-state index contributed by atoms with van der Waals surface area (Å²) in [5, 5.41) is 0. The van der Waals surface area contributed by atoms with E-state index >= 15 is 0 Å². The first-order chi connectivity index (χ1) is 6.66. The summed E-state index contributed by atoms with van der Waals surface area (Å²) in [6, 6.07) is 8.12. The van der Waals surface area contributed by atoms with E-state index in [9.17, 15) is 0 Å². The van der Waals surface area contributed by atoms with E-state index in [0.29, 0.717) is 0 Å². The molecular formula is C11H11BrN2. The third-order valence-electron chi connectivity index (χ3n) is 2.25. The molecule has 0 atom stereocenters. The molecule has 0 fully saturated rings. The van der Waals surface area contributed by atoms with Gasteiger partial charge in [-0.1, -0.05) is 28.1 Å². The van der Waals surface area contributed by atoms with Crippen molar-refractivity contribution in [2.45, 2.75) is 13.8 Å². The Kier molecular flexibility index (Phi) is 2.42. The quantitative estimate of drug-likeness (QED) is 0.826. The molecule has 0 saturated carbocycles. The number of imidazole rings is 1. The monoisotopic (exact) mass is 250 g/mol. The Bertz CT molecular complexity index is 423. The molecule has 14 heavy (non-hydrogen) atoms. The number of aromatic amines is 1. The fraction of sp³-hybridized carbons (Fsp3) is 0.182. The van der Waals surface area contributed by atoms with Crippen molar-refractivity contribution in [2.75, 3.05) is 0 Å². The van der Waals surface area contributed by atoms with E-state index in [1.165, 1.54) is 0 Å². The Balaban J connectivity index is 2.44. The molecule has 0 aliphatic rings. The minimum atomic E-state index is 0.938. The summed E-state index contributed by atoms with van der Waals surface area (Å²) >= 11 is 3.41. The minimum absolute atomic E-state index is 0.938. The van der Waals surface area contributed by atoms with Crippen molar-refractivity contribution in [2.24, 2.45) is 0 Å². The van der Waals surface area contributed by atoms with Gasteiger partial charge in [0.15, 0.2) is 0 Å². The van der Waals surface area contributed by atoms with Crippen molar-refractivity contribution in [1.82, 2.24) is 9.97 Å². The van der Waals surface area contributed by atoms with Crippen molar-refractivity contribution in [3.05, 3.63) is 40.1 Å². The molecule has 1 heterocycles. The number of hydrogen-bond acceptors (Lipinski definition) is 1. The third-order valence-corrected chi connectivity index (χ3v) is 2.77. The number of aryl methyl sites for hydroxylation is 2. The summed E-state index contributed by atoms with van der Waals surface area (Å²) in [7, 11) is 0. The molecule has 0 bridgehead atoms. The van der Waals surface area contributed by atoms with E-state index in [4.69, 9.17) is 0 Å². The first-order valence-electron chi connectivity index (χ1n) is 4.46. The van der Waals surface area contributed by atoms with Crippen molar-refractivity contribution < 1.29 is 0 Å². The zero-order valence-electron chi connectivity index (χ0n) is 8.13. The molecule has 0 spiro atoms. The maximum absolute atomic E-state index is 4.44. The summed E-state index contributed by atoms with van der Waals surface area (Å²) in [4.78, 5) is 7.69. The van der Waals surface area contributed by atoms with Gasteiger partial charge in [-0.3, -0.25) is 0 Å². The fourth-order valence-corrected chi connectivity index (χ4v) is 1.56. The van der Waals surface area contributed by atoms with Crippen LogP contribution >= 0.6 is 15.9 Å². The highest BCUT2D eigenvalue weighted by Crippen LogP contribution is 2.20. The number of nitrogens with zero attached hydrogens (tertiary/aromatic N) is 1. The molecule has 1 aromatic heterocycles. The smallest absolute Gasteiger partial charge is 0.137 e. The van der Waals surface area contributed by atoms with Crippen molar-refractivity contribution >= 4 is 15.9 Å². The van der Waals surface area contributed by atoms with Crippen LogP contribution in [0, 0.1) is 13.8 Å². The molecule has 0 aliphatic carbocycles. The number of benzene rings is 1. The SMILES string of the molecule is Cc1nc(-c2ccc(Br)cc2)[nH]c1C. The maximum Gasteiger partial charge on any atom is 0.137 e. The molecule has 0 amide bonds. The van der Waals surface area contributed by atoms with Gasteiger partial charge in [0.05, 0.1) is 5.69 Å². The van der Waals surface area contributed by atoms with Gasteiger partial charge < -0.3 is 4.98 Å². The van der Waals surface area contributed by atoms with Gasteiger partial charge in [0.25, 0.3) is 0 Å². The Hall–Kier alpha value is -1.09. The normalized spacial score (nSPS) is 10.5. The van der Waals surface area contributed by atoms with Gasteiger partial charge in [0.2, 0.25) is 0 Å². The molecular weight excluding hydrogens is 240 g/mol. The first-order valence-corrected chi connectivity index (χ1v) is 5.25. The topological polar surface area (TPSA) is 28.7 Å². The molecule has 3 heteroatoms. The van der Waals surface area contributed by atoms with Crippen LogP contribution in [0.4, 0.5) is 0 Å². The van der Waals surface area contributed by atoms with Crippen molar-refractivity contribution in [3.8, 4) is 11.4 Å². The van der Waals surface area contributed by atoms with Crippen LogP contribution in [-0.4, -0.2) is 9.97 Å². The second kappa shape index (κ2) is 3.58. The fourth-order valence-electron chi connectivity index (χ4n) is 1.29. The molecule has 72 valence electrons. The highest BCUT2D eigenvalue weighted by atomic mass is 79.9. The lowest BCUT2D eigenvalue weighted by atomic mass is 10.2. The number of rotatable bonds is 1. The van der Waals surface area contributed by atoms with Crippen LogP contribution in [0.25, 0.3) is 11.4 Å². The molecule has 0 unspecified atom stereocenters. The summed E-state index contributed by atoms with van der Waals surface area (Å²) < 4.78 is 1.08. The van der Waals surface area contributed by atoms with Gasteiger partial charge in [-0.2, -0.15) is 0 Å². The number of hydrogen-bond donors (Lipinski definition) is 1. The zero-order valence-corrected chi connectivity index (χ0v) is 9.72. The van der Waals surface area contributed by atoms with E-state index in [1.807, 2.05) is 38.1 Å². The number of nitrogens with one attached hydrogen (secondary N) is 1. The van der Waals surface area contributed by atoms with Gasteiger partial charge >= 0.3 is 0 Å². The highest BCUT2D eigenvalue weighted by Gasteiger charge is 2.03. The van der Waals surface area contributed by atoms with Crippen LogP contribution in [-0.2, 0) is 0 Å². The van der Waals surface area contributed by atoms with E-state index < -0.39 is 0 Å². The van der Waals surface area contributed by atoms with Gasteiger partial charge in [-0.05, 0) is 26.0 Å². The lowest BCUT2D eigenvalue weighted by Gasteiger charge is -1.95. The molecule has 0 saturated heterocycles. The lowest BCUT2D eigenvalue weighted by molar-refractivity contribution is 1.22. The van der Waals surface area contributed by atoms with Crippen LogP contribution in [0.2, 0.25) is 0 Å². The minimum Gasteiger partial charge on any atom is -0.342 e.